The first kappa shape index (κ1) is 15.9. The van der Waals surface area contributed by atoms with Crippen LogP contribution in [0.2, 0.25) is 0 Å². The largest absolute Gasteiger partial charge is 0.314 e. The summed E-state index contributed by atoms with van der Waals surface area (Å²) in [6.07, 6.45) is 2.68. The molecule has 2 saturated heterocycles. The van der Waals surface area contributed by atoms with Gasteiger partial charge in [-0.1, -0.05) is 0 Å². The number of hydrogen-bond donors (Lipinski definition) is 1. The van der Waals surface area contributed by atoms with Crippen molar-refractivity contribution in [2.75, 3.05) is 39.3 Å². The van der Waals surface area contributed by atoms with Crippen LogP contribution in [-0.4, -0.2) is 79.7 Å². The zero-order chi connectivity index (χ0) is 16.0. The fraction of sp³-hybridized carbons (Fsp3) is 0.727. The van der Waals surface area contributed by atoms with Crippen molar-refractivity contribution in [3.8, 4) is 0 Å². The molecular weight excluding hydrogens is 330 g/mol. The third-order valence-corrected chi connectivity index (χ3v) is 8.00. The average Bonchev–Trinajstić information content (AvgIpc) is 2.85. The lowest BCUT2D eigenvalue weighted by Crippen LogP contribution is -2.61. The van der Waals surface area contributed by atoms with Crippen LogP contribution in [0.1, 0.15) is 0 Å². The lowest BCUT2D eigenvalue weighted by Gasteiger charge is -2.40. The van der Waals surface area contributed by atoms with E-state index in [0.717, 1.165) is 0 Å². The summed E-state index contributed by atoms with van der Waals surface area (Å²) in [5.74, 6) is 0. The molecule has 9 nitrogen and oxygen atoms in total. The summed E-state index contributed by atoms with van der Waals surface area (Å²) in [7, 11) is -5.45. The summed E-state index contributed by atoms with van der Waals surface area (Å²) in [5.41, 5.74) is 0. The van der Waals surface area contributed by atoms with Crippen molar-refractivity contribution in [3.05, 3.63) is 12.4 Å². The number of nitrogens with zero attached hydrogens (tertiary/aromatic N) is 4. The molecule has 2 fully saturated rings. The number of nitrogens with one attached hydrogen (secondary N) is 1. The minimum Gasteiger partial charge on any atom is -0.314 e. The van der Waals surface area contributed by atoms with Crippen molar-refractivity contribution in [2.45, 2.75) is 10.1 Å². The van der Waals surface area contributed by atoms with Gasteiger partial charge in [-0.25, -0.2) is 16.8 Å². The molecular formula is C11H19N5O4S2. The van der Waals surface area contributed by atoms with Crippen molar-refractivity contribution in [1.82, 2.24) is 23.7 Å². The van der Waals surface area contributed by atoms with Gasteiger partial charge in [0.15, 0.2) is 0 Å². The fourth-order valence-electron chi connectivity index (χ4n) is 2.58. The molecule has 2 aliphatic rings. The number of rotatable bonds is 4. The van der Waals surface area contributed by atoms with E-state index in [1.807, 2.05) is 0 Å². The molecule has 1 N–H and O–H groups in total. The first-order valence-corrected chi connectivity index (χ1v) is 9.94. The standard InChI is InChI=1S/C11H19N5O4S2/c1-14-7-10(6-13-14)21(17,18)16-8-11(9-16)22(19,20)15-4-2-12-3-5-15/h6-7,11-12H,2-5,8-9H2,1H3. The van der Waals surface area contributed by atoms with Crippen LogP contribution < -0.4 is 5.32 Å². The number of sulfonamides is 2. The molecule has 3 rings (SSSR count). The van der Waals surface area contributed by atoms with Crippen LogP contribution in [0.25, 0.3) is 0 Å². The second-order valence-electron chi connectivity index (χ2n) is 5.49. The number of piperazine rings is 1. The van der Waals surface area contributed by atoms with E-state index in [9.17, 15) is 16.8 Å². The topological polar surface area (TPSA) is 105 Å². The van der Waals surface area contributed by atoms with E-state index in [1.54, 1.807) is 7.05 Å². The van der Waals surface area contributed by atoms with Crippen molar-refractivity contribution in [2.24, 2.45) is 7.05 Å². The first-order chi connectivity index (χ1) is 10.3. The van der Waals surface area contributed by atoms with Crippen molar-refractivity contribution in [1.29, 1.82) is 0 Å². The molecule has 2 aliphatic heterocycles. The van der Waals surface area contributed by atoms with E-state index in [1.165, 1.54) is 25.7 Å². The van der Waals surface area contributed by atoms with E-state index in [4.69, 9.17) is 0 Å². The van der Waals surface area contributed by atoms with Gasteiger partial charge < -0.3 is 5.32 Å². The van der Waals surface area contributed by atoms with Crippen LogP contribution in [-0.2, 0) is 27.1 Å². The predicted molar refractivity (Wildman–Crippen MR) is 79.1 cm³/mol. The number of aryl methyl sites for hydroxylation is 1. The highest BCUT2D eigenvalue weighted by atomic mass is 32.2. The second-order valence-corrected chi connectivity index (χ2v) is 9.64. The van der Waals surface area contributed by atoms with Crippen LogP contribution in [0, 0.1) is 0 Å². The Morgan fingerprint density at radius 1 is 1.14 bits per heavy atom. The Morgan fingerprint density at radius 2 is 1.77 bits per heavy atom. The van der Waals surface area contributed by atoms with Crippen LogP contribution in [0.3, 0.4) is 0 Å². The summed E-state index contributed by atoms with van der Waals surface area (Å²) in [6, 6.07) is 0. The maximum Gasteiger partial charge on any atom is 0.246 e. The van der Waals surface area contributed by atoms with Gasteiger partial charge in [0.1, 0.15) is 10.1 Å². The van der Waals surface area contributed by atoms with Gasteiger partial charge in [-0.3, -0.25) is 4.68 Å². The SMILES string of the molecule is Cn1cc(S(=O)(=O)N2CC(S(=O)(=O)N3CCNCC3)C2)cn1. The highest BCUT2D eigenvalue weighted by Gasteiger charge is 2.46. The smallest absolute Gasteiger partial charge is 0.246 e. The second kappa shape index (κ2) is 5.57. The van der Waals surface area contributed by atoms with Crippen molar-refractivity contribution in [3.63, 3.8) is 0 Å². The molecule has 1 aromatic heterocycles. The molecule has 3 heterocycles. The Morgan fingerprint density at radius 3 is 2.32 bits per heavy atom. The van der Waals surface area contributed by atoms with E-state index >= 15 is 0 Å². The van der Waals surface area contributed by atoms with Crippen LogP contribution in [0.5, 0.6) is 0 Å². The van der Waals surface area contributed by atoms with E-state index < -0.39 is 25.3 Å². The normalized spacial score (nSPS) is 22.6. The lowest BCUT2D eigenvalue weighted by atomic mass is 10.3. The minimum atomic E-state index is -3.65. The van der Waals surface area contributed by atoms with Crippen LogP contribution in [0.4, 0.5) is 0 Å². The Hall–Kier alpha value is -1.01. The molecule has 0 radical (unpaired) electrons. The summed E-state index contributed by atoms with van der Waals surface area (Å²) in [6.45, 7) is 2.14. The van der Waals surface area contributed by atoms with Gasteiger partial charge in [0.2, 0.25) is 20.0 Å². The molecule has 0 saturated carbocycles. The molecule has 0 aliphatic carbocycles. The number of hydrogen-bond acceptors (Lipinski definition) is 6. The molecule has 0 amide bonds. The minimum absolute atomic E-state index is 0.00346. The first-order valence-electron chi connectivity index (χ1n) is 7.00. The van der Waals surface area contributed by atoms with Gasteiger partial charge in [-0.05, 0) is 0 Å². The molecule has 0 bridgehead atoms. The lowest BCUT2D eigenvalue weighted by molar-refractivity contribution is 0.287. The van der Waals surface area contributed by atoms with Gasteiger partial charge >= 0.3 is 0 Å². The highest BCUT2D eigenvalue weighted by Crippen LogP contribution is 2.26. The molecule has 124 valence electrons. The van der Waals surface area contributed by atoms with E-state index in [0.29, 0.717) is 26.2 Å². The highest BCUT2D eigenvalue weighted by molar-refractivity contribution is 7.91. The summed E-state index contributed by atoms with van der Waals surface area (Å²) in [4.78, 5) is 0.0908. The molecule has 0 atom stereocenters. The summed E-state index contributed by atoms with van der Waals surface area (Å²) < 4.78 is 53.6. The van der Waals surface area contributed by atoms with Gasteiger partial charge in [0.25, 0.3) is 0 Å². The summed E-state index contributed by atoms with van der Waals surface area (Å²) >= 11 is 0. The van der Waals surface area contributed by atoms with E-state index in [2.05, 4.69) is 10.4 Å². The third-order valence-electron chi connectivity index (χ3n) is 3.99. The Balaban J connectivity index is 1.69. The molecule has 1 aromatic rings. The Labute approximate surface area is 130 Å². The van der Waals surface area contributed by atoms with Gasteiger partial charge in [-0.2, -0.15) is 13.7 Å². The molecule has 0 unspecified atom stereocenters. The van der Waals surface area contributed by atoms with Gasteiger partial charge in [0, 0.05) is 52.5 Å². The van der Waals surface area contributed by atoms with Gasteiger partial charge in [-0.15, -0.1) is 0 Å². The van der Waals surface area contributed by atoms with Gasteiger partial charge in [0.05, 0.1) is 6.20 Å². The zero-order valence-corrected chi connectivity index (χ0v) is 13.8. The molecule has 0 spiro atoms. The maximum absolute atomic E-state index is 12.4. The monoisotopic (exact) mass is 349 g/mol. The summed E-state index contributed by atoms with van der Waals surface area (Å²) in [5, 5.41) is 6.28. The molecule has 11 heteroatoms. The Bertz CT molecular complexity index is 745. The van der Waals surface area contributed by atoms with Crippen molar-refractivity contribution >= 4 is 20.0 Å². The van der Waals surface area contributed by atoms with E-state index in [-0.39, 0.29) is 18.0 Å². The van der Waals surface area contributed by atoms with Crippen LogP contribution >= 0.6 is 0 Å². The third kappa shape index (κ3) is 2.67. The predicted octanol–water partition coefficient (Wildman–Crippen LogP) is -1.97. The average molecular weight is 349 g/mol. The molecule has 22 heavy (non-hydrogen) atoms. The maximum atomic E-state index is 12.4. The van der Waals surface area contributed by atoms with Crippen molar-refractivity contribution < 1.29 is 16.8 Å². The quantitative estimate of drug-likeness (QED) is 0.676. The Kier molecular flexibility index (Phi) is 4.01. The number of aromatic nitrogens is 2. The fourth-order valence-corrected chi connectivity index (χ4v) is 6.13. The molecule has 0 aromatic carbocycles. The van der Waals surface area contributed by atoms with Crippen LogP contribution in [0.15, 0.2) is 17.3 Å². The zero-order valence-electron chi connectivity index (χ0n) is 12.2.